The standard InChI is InChI=1S/C17H28N4O/c1-12(2)21-10-6-7-13(11-21)15-9-8-14(17(22)18-3)16(19-15)20(4)5/h8-9,12-13H,6-7,10-11H2,1-5H3,(H,18,22). The van der Waals surface area contributed by atoms with Gasteiger partial charge in [-0.05, 0) is 45.4 Å². The molecule has 1 aromatic rings. The van der Waals surface area contributed by atoms with Crippen LogP contribution in [0.1, 0.15) is 48.7 Å². The molecule has 0 spiro atoms. The summed E-state index contributed by atoms with van der Waals surface area (Å²) in [4.78, 5) is 21.2. The maximum Gasteiger partial charge on any atom is 0.254 e. The molecule has 2 rings (SSSR count). The van der Waals surface area contributed by atoms with Gasteiger partial charge in [-0.1, -0.05) is 0 Å². The predicted molar refractivity (Wildman–Crippen MR) is 90.6 cm³/mol. The highest BCUT2D eigenvalue weighted by Gasteiger charge is 2.25. The topological polar surface area (TPSA) is 48.5 Å². The Balaban J connectivity index is 2.28. The molecule has 1 atom stereocenters. The zero-order valence-corrected chi connectivity index (χ0v) is 14.4. The molecule has 0 saturated carbocycles. The van der Waals surface area contributed by atoms with Crippen LogP contribution < -0.4 is 10.2 Å². The molecule has 122 valence electrons. The molecule has 0 aliphatic carbocycles. The first-order valence-corrected chi connectivity index (χ1v) is 8.08. The number of nitrogens with one attached hydrogen (secondary N) is 1. The molecule has 5 nitrogen and oxygen atoms in total. The summed E-state index contributed by atoms with van der Waals surface area (Å²) in [6, 6.07) is 4.50. The Morgan fingerprint density at radius 2 is 2.14 bits per heavy atom. The predicted octanol–water partition coefficient (Wildman–Crippen LogP) is 2.09. The van der Waals surface area contributed by atoms with Gasteiger partial charge in [-0.2, -0.15) is 0 Å². The fourth-order valence-corrected chi connectivity index (χ4v) is 3.06. The maximum atomic E-state index is 12.0. The summed E-state index contributed by atoms with van der Waals surface area (Å²) in [5, 5.41) is 2.68. The summed E-state index contributed by atoms with van der Waals surface area (Å²) in [5.74, 6) is 1.11. The number of likely N-dealkylation sites (tertiary alicyclic amines) is 1. The number of hydrogen-bond acceptors (Lipinski definition) is 4. The molecule has 0 radical (unpaired) electrons. The molecule has 1 aliphatic rings. The molecule has 2 heterocycles. The fraction of sp³-hybridized carbons (Fsp3) is 0.647. The summed E-state index contributed by atoms with van der Waals surface area (Å²) in [6.07, 6.45) is 2.38. The van der Waals surface area contributed by atoms with E-state index in [9.17, 15) is 4.79 Å². The van der Waals surface area contributed by atoms with E-state index in [1.54, 1.807) is 7.05 Å². The van der Waals surface area contributed by atoms with Crippen molar-refractivity contribution in [3.8, 4) is 0 Å². The van der Waals surface area contributed by atoms with Crippen molar-refractivity contribution in [3.63, 3.8) is 0 Å². The molecule has 1 saturated heterocycles. The van der Waals surface area contributed by atoms with Crippen molar-refractivity contribution in [2.75, 3.05) is 39.1 Å². The van der Waals surface area contributed by atoms with Crippen molar-refractivity contribution in [2.45, 2.75) is 38.6 Å². The molecule has 1 aliphatic heterocycles. The average molecular weight is 304 g/mol. The molecule has 0 bridgehead atoms. The van der Waals surface area contributed by atoms with Crippen molar-refractivity contribution in [1.82, 2.24) is 15.2 Å². The van der Waals surface area contributed by atoms with Gasteiger partial charge in [0.15, 0.2) is 0 Å². The summed E-state index contributed by atoms with van der Waals surface area (Å²) < 4.78 is 0. The van der Waals surface area contributed by atoms with Crippen molar-refractivity contribution in [2.24, 2.45) is 0 Å². The average Bonchev–Trinajstić information content (AvgIpc) is 2.53. The number of pyridine rings is 1. The smallest absolute Gasteiger partial charge is 0.254 e. The molecule has 1 amide bonds. The monoisotopic (exact) mass is 304 g/mol. The Hall–Kier alpha value is -1.62. The molecular weight excluding hydrogens is 276 g/mol. The maximum absolute atomic E-state index is 12.0. The Morgan fingerprint density at radius 1 is 1.41 bits per heavy atom. The molecular formula is C17H28N4O. The third kappa shape index (κ3) is 3.58. The Morgan fingerprint density at radius 3 is 2.73 bits per heavy atom. The highest BCUT2D eigenvalue weighted by molar-refractivity contribution is 5.98. The number of hydrogen-bond donors (Lipinski definition) is 1. The van der Waals surface area contributed by atoms with Gasteiger partial charge >= 0.3 is 0 Å². The summed E-state index contributed by atoms with van der Waals surface area (Å²) >= 11 is 0. The van der Waals surface area contributed by atoms with Gasteiger partial charge in [-0.3, -0.25) is 4.79 Å². The van der Waals surface area contributed by atoms with Gasteiger partial charge in [0.1, 0.15) is 5.82 Å². The third-order valence-corrected chi connectivity index (χ3v) is 4.39. The highest BCUT2D eigenvalue weighted by Crippen LogP contribution is 2.29. The number of carbonyl (C=O) groups is 1. The normalized spacial score (nSPS) is 19.3. The molecule has 22 heavy (non-hydrogen) atoms. The molecule has 1 aromatic heterocycles. The number of nitrogens with zero attached hydrogens (tertiary/aromatic N) is 3. The van der Waals surface area contributed by atoms with Gasteiger partial charge in [-0.25, -0.2) is 4.98 Å². The zero-order chi connectivity index (χ0) is 16.3. The number of aromatic nitrogens is 1. The van der Waals surface area contributed by atoms with E-state index in [1.165, 1.54) is 19.4 Å². The van der Waals surface area contributed by atoms with Gasteiger partial charge in [0.25, 0.3) is 5.91 Å². The van der Waals surface area contributed by atoms with E-state index < -0.39 is 0 Å². The lowest BCUT2D eigenvalue weighted by atomic mass is 9.93. The van der Waals surface area contributed by atoms with E-state index in [-0.39, 0.29) is 5.91 Å². The lowest BCUT2D eigenvalue weighted by molar-refractivity contribution is 0.0963. The fourth-order valence-electron chi connectivity index (χ4n) is 3.06. The Kier molecular flexibility index (Phi) is 5.40. The first kappa shape index (κ1) is 16.7. The number of carbonyl (C=O) groups excluding carboxylic acids is 1. The first-order chi connectivity index (χ1) is 10.4. The van der Waals surface area contributed by atoms with Gasteiger partial charge < -0.3 is 15.1 Å². The third-order valence-electron chi connectivity index (χ3n) is 4.39. The van der Waals surface area contributed by atoms with Crippen molar-refractivity contribution >= 4 is 11.7 Å². The van der Waals surface area contributed by atoms with E-state index in [0.29, 0.717) is 17.5 Å². The number of amides is 1. The molecule has 0 aromatic carbocycles. The van der Waals surface area contributed by atoms with Crippen LogP contribution in [0.15, 0.2) is 12.1 Å². The molecule has 1 unspecified atom stereocenters. The molecule has 1 N–H and O–H groups in total. The van der Waals surface area contributed by atoms with Crippen molar-refractivity contribution < 1.29 is 4.79 Å². The van der Waals surface area contributed by atoms with Crippen LogP contribution in [0.4, 0.5) is 5.82 Å². The lowest BCUT2D eigenvalue weighted by Gasteiger charge is -2.35. The van der Waals surface area contributed by atoms with Gasteiger partial charge in [-0.15, -0.1) is 0 Å². The van der Waals surface area contributed by atoms with Gasteiger partial charge in [0.2, 0.25) is 0 Å². The second-order valence-corrected chi connectivity index (χ2v) is 6.51. The minimum Gasteiger partial charge on any atom is -0.362 e. The Bertz CT molecular complexity index is 527. The first-order valence-electron chi connectivity index (χ1n) is 8.08. The van der Waals surface area contributed by atoms with Crippen LogP contribution in [0.2, 0.25) is 0 Å². The van der Waals surface area contributed by atoms with E-state index in [2.05, 4.69) is 24.1 Å². The van der Waals surface area contributed by atoms with Crippen LogP contribution in [0.5, 0.6) is 0 Å². The van der Waals surface area contributed by atoms with Crippen LogP contribution >= 0.6 is 0 Å². The summed E-state index contributed by atoms with van der Waals surface area (Å²) in [5.41, 5.74) is 1.73. The number of piperidine rings is 1. The molecule has 1 fully saturated rings. The van der Waals surface area contributed by atoms with Crippen molar-refractivity contribution in [3.05, 3.63) is 23.4 Å². The highest BCUT2D eigenvalue weighted by atomic mass is 16.1. The van der Waals surface area contributed by atoms with Gasteiger partial charge in [0, 0.05) is 45.3 Å². The largest absolute Gasteiger partial charge is 0.362 e. The van der Waals surface area contributed by atoms with Crippen LogP contribution in [-0.2, 0) is 0 Å². The van der Waals surface area contributed by atoms with E-state index in [0.717, 1.165) is 18.1 Å². The van der Waals surface area contributed by atoms with Crippen LogP contribution in [0.3, 0.4) is 0 Å². The quantitative estimate of drug-likeness (QED) is 0.925. The minimum atomic E-state index is -0.0878. The number of rotatable bonds is 4. The minimum absolute atomic E-state index is 0.0878. The van der Waals surface area contributed by atoms with E-state index in [4.69, 9.17) is 4.98 Å². The van der Waals surface area contributed by atoms with Crippen LogP contribution in [0.25, 0.3) is 0 Å². The second kappa shape index (κ2) is 7.09. The second-order valence-electron chi connectivity index (χ2n) is 6.51. The van der Waals surface area contributed by atoms with Crippen molar-refractivity contribution in [1.29, 1.82) is 0 Å². The van der Waals surface area contributed by atoms with E-state index >= 15 is 0 Å². The summed E-state index contributed by atoms with van der Waals surface area (Å²) in [7, 11) is 5.51. The number of anilines is 1. The Labute approximate surface area is 133 Å². The zero-order valence-electron chi connectivity index (χ0n) is 14.4. The molecule has 5 heteroatoms. The van der Waals surface area contributed by atoms with Gasteiger partial charge in [0.05, 0.1) is 5.56 Å². The SMILES string of the molecule is CNC(=O)c1ccc(C2CCCN(C(C)C)C2)nc1N(C)C. The lowest BCUT2D eigenvalue weighted by Crippen LogP contribution is -2.39. The van der Waals surface area contributed by atoms with Crippen LogP contribution in [-0.4, -0.2) is 56.1 Å². The summed E-state index contributed by atoms with van der Waals surface area (Å²) in [6.45, 7) is 6.72. The van der Waals surface area contributed by atoms with Crippen LogP contribution in [0, 0.1) is 0 Å². The van der Waals surface area contributed by atoms with E-state index in [1.807, 2.05) is 31.1 Å².